The number of benzene rings is 9. The fourth-order valence-electron chi connectivity index (χ4n) is 10.6. The quantitative estimate of drug-likeness (QED) is 0.173. The van der Waals surface area contributed by atoms with Crippen molar-refractivity contribution in [2.75, 3.05) is 4.90 Å². The van der Waals surface area contributed by atoms with Gasteiger partial charge in [-0.25, -0.2) is 0 Å². The van der Waals surface area contributed by atoms with Gasteiger partial charge in [-0.1, -0.05) is 184 Å². The van der Waals surface area contributed by atoms with Crippen LogP contribution in [0.5, 0.6) is 0 Å². The van der Waals surface area contributed by atoms with E-state index in [2.05, 4.69) is 219 Å². The summed E-state index contributed by atoms with van der Waals surface area (Å²) in [6.45, 7) is 4.76. The number of anilines is 3. The summed E-state index contributed by atoms with van der Waals surface area (Å²) in [5.41, 5.74) is 19.9. The maximum absolute atomic E-state index is 6.47. The second kappa shape index (κ2) is 13.0. The van der Waals surface area contributed by atoms with E-state index in [0.29, 0.717) is 0 Å². The zero-order valence-corrected chi connectivity index (χ0v) is 33.6. The molecule has 0 amide bonds. The summed E-state index contributed by atoms with van der Waals surface area (Å²) in [6.07, 6.45) is 0. The lowest BCUT2D eigenvalue weighted by Gasteiger charge is -2.46. The predicted molar refractivity (Wildman–Crippen MR) is 249 cm³/mol. The highest BCUT2D eigenvalue weighted by Crippen LogP contribution is 2.62. The molecular weight excluding hydrogens is 727 g/mol. The van der Waals surface area contributed by atoms with E-state index in [1.165, 1.54) is 55.6 Å². The molecule has 9 aromatic carbocycles. The standard InChI is InChI=1S/C58H41NO/c1-57(2)51-22-9-11-24-53(51)58(54-25-12-10-23-52(54)57)49-21-8-6-17-45(49)48-37-43(35-36-50(48)58)59(41-31-27-39(28-32-41)38-15-4-3-5-16-38)42-33-29-40(30-34-42)44-19-14-20-47-46-18-7-13-26-55(46)60-56(44)47/h3-37H,1-2H3. The molecule has 0 saturated heterocycles. The maximum atomic E-state index is 6.47. The third-order valence-electron chi connectivity index (χ3n) is 13.4. The number of rotatable bonds is 5. The third-order valence-corrected chi connectivity index (χ3v) is 13.4. The molecule has 284 valence electrons. The zero-order valence-electron chi connectivity index (χ0n) is 33.6. The van der Waals surface area contributed by atoms with Crippen LogP contribution >= 0.6 is 0 Å². The molecule has 0 radical (unpaired) electrons. The number of fused-ring (bicyclic) bond motifs is 12. The van der Waals surface area contributed by atoms with Crippen LogP contribution in [0.2, 0.25) is 0 Å². The van der Waals surface area contributed by atoms with Crippen LogP contribution in [0.3, 0.4) is 0 Å². The smallest absolute Gasteiger partial charge is 0.143 e. The summed E-state index contributed by atoms with van der Waals surface area (Å²) in [5.74, 6) is 0. The van der Waals surface area contributed by atoms with Crippen LogP contribution in [0.25, 0.3) is 55.3 Å². The van der Waals surface area contributed by atoms with Gasteiger partial charge in [0.25, 0.3) is 0 Å². The van der Waals surface area contributed by atoms with Crippen LogP contribution in [-0.2, 0) is 10.8 Å². The Morgan fingerprint density at radius 1 is 0.350 bits per heavy atom. The number of hydrogen-bond acceptors (Lipinski definition) is 2. The Morgan fingerprint density at radius 3 is 1.55 bits per heavy atom. The fourth-order valence-corrected chi connectivity index (χ4v) is 10.6. The van der Waals surface area contributed by atoms with Gasteiger partial charge in [-0.05, 0) is 104 Å². The Balaban J connectivity index is 1.04. The van der Waals surface area contributed by atoms with Gasteiger partial charge in [-0.2, -0.15) is 0 Å². The van der Waals surface area contributed by atoms with Crippen molar-refractivity contribution in [3.05, 3.63) is 246 Å². The van der Waals surface area contributed by atoms with Crippen molar-refractivity contribution in [3.63, 3.8) is 0 Å². The largest absolute Gasteiger partial charge is 0.455 e. The Kier molecular flexibility index (Phi) is 7.52. The van der Waals surface area contributed by atoms with Crippen molar-refractivity contribution in [3.8, 4) is 33.4 Å². The number of furan rings is 1. The van der Waals surface area contributed by atoms with Gasteiger partial charge in [-0.3, -0.25) is 0 Å². The molecule has 2 aliphatic rings. The average molecular weight is 768 g/mol. The van der Waals surface area contributed by atoms with E-state index in [1.807, 2.05) is 12.1 Å². The van der Waals surface area contributed by atoms with Crippen molar-refractivity contribution < 1.29 is 4.42 Å². The highest BCUT2D eigenvalue weighted by molar-refractivity contribution is 6.09. The summed E-state index contributed by atoms with van der Waals surface area (Å²) >= 11 is 0. The summed E-state index contributed by atoms with van der Waals surface area (Å²) in [5, 5.41) is 2.27. The highest BCUT2D eigenvalue weighted by atomic mass is 16.3. The topological polar surface area (TPSA) is 16.4 Å². The summed E-state index contributed by atoms with van der Waals surface area (Å²) in [6, 6.07) is 77.9. The van der Waals surface area contributed by atoms with E-state index in [-0.39, 0.29) is 5.41 Å². The zero-order chi connectivity index (χ0) is 40.0. The van der Waals surface area contributed by atoms with Crippen LogP contribution in [0.15, 0.2) is 217 Å². The maximum Gasteiger partial charge on any atom is 0.143 e. The molecule has 0 atom stereocenters. The molecule has 0 unspecified atom stereocenters. The molecular formula is C58H41NO. The van der Waals surface area contributed by atoms with Crippen LogP contribution < -0.4 is 4.90 Å². The van der Waals surface area contributed by atoms with Gasteiger partial charge in [-0.15, -0.1) is 0 Å². The minimum atomic E-state index is -0.436. The molecule has 1 spiro atoms. The molecule has 0 fully saturated rings. The van der Waals surface area contributed by atoms with Crippen LogP contribution in [-0.4, -0.2) is 0 Å². The van der Waals surface area contributed by atoms with E-state index >= 15 is 0 Å². The van der Waals surface area contributed by atoms with E-state index in [1.54, 1.807) is 0 Å². The predicted octanol–water partition coefficient (Wildman–Crippen LogP) is 15.4. The Bertz CT molecular complexity index is 3230. The van der Waals surface area contributed by atoms with E-state index < -0.39 is 5.41 Å². The molecule has 1 heterocycles. The molecule has 0 N–H and O–H groups in total. The van der Waals surface area contributed by atoms with Gasteiger partial charge < -0.3 is 9.32 Å². The van der Waals surface area contributed by atoms with Crippen molar-refractivity contribution >= 4 is 39.0 Å². The molecule has 12 rings (SSSR count). The number of hydrogen-bond donors (Lipinski definition) is 0. The summed E-state index contributed by atoms with van der Waals surface area (Å²) in [4.78, 5) is 2.40. The summed E-state index contributed by atoms with van der Waals surface area (Å²) < 4.78 is 6.47. The first-order valence-corrected chi connectivity index (χ1v) is 20.9. The first-order valence-electron chi connectivity index (χ1n) is 20.9. The monoisotopic (exact) mass is 767 g/mol. The van der Waals surface area contributed by atoms with Gasteiger partial charge in [0, 0.05) is 38.8 Å². The van der Waals surface area contributed by atoms with E-state index in [0.717, 1.165) is 50.1 Å². The second-order valence-corrected chi connectivity index (χ2v) is 16.8. The molecule has 1 aromatic heterocycles. The highest BCUT2D eigenvalue weighted by Gasteiger charge is 2.53. The molecule has 10 aromatic rings. The summed E-state index contributed by atoms with van der Waals surface area (Å²) in [7, 11) is 0. The molecule has 0 saturated carbocycles. The van der Waals surface area contributed by atoms with Crippen molar-refractivity contribution in [1.82, 2.24) is 0 Å². The molecule has 60 heavy (non-hydrogen) atoms. The number of nitrogens with zero attached hydrogens (tertiary/aromatic N) is 1. The first kappa shape index (κ1) is 34.6. The van der Waals surface area contributed by atoms with Gasteiger partial charge in [0.15, 0.2) is 0 Å². The Labute approximate surface area is 350 Å². The molecule has 0 bridgehead atoms. The van der Waals surface area contributed by atoms with E-state index in [4.69, 9.17) is 4.42 Å². The average Bonchev–Trinajstić information content (AvgIpc) is 3.83. The van der Waals surface area contributed by atoms with Crippen LogP contribution in [0.4, 0.5) is 17.1 Å². The van der Waals surface area contributed by atoms with Gasteiger partial charge in [0.1, 0.15) is 11.2 Å². The fraction of sp³-hybridized carbons (Fsp3) is 0.0690. The molecule has 2 aliphatic carbocycles. The lowest BCUT2D eigenvalue weighted by atomic mass is 9.55. The molecule has 2 nitrogen and oxygen atoms in total. The lowest BCUT2D eigenvalue weighted by molar-refractivity contribution is 0.563. The van der Waals surface area contributed by atoms with Crippen LogP contribution in [0, 0.1) is 0 Å². The van der Waals surface area contributed by atoms with Crippen molar-refractivity contribution in [2.45, 2.75) is 24.7 Å². The van der Waals surface area contributed by atoms with Gasteiger partial charge in [0.05, 0.1) is 5.41 Å². The number of para-hydroxylation sites is 2. The normalized spacial score (nSPS) is 14.1. The first-order chi connectivity index (χ1) is 29.5. The van der Waals surface area contributed by atoms with Crippen molar-refractivity contribution in [2.24, 2.45) is 0 Å². The molecule has 0 aliphatic heterocycles. The Hall–Kier alpha value is -7.42. The van der Waals surface area contributed by atoms with Gasteiger partial charge in [0.2, 0.25) is 0 Å². The minimum Gasteiger partial charge on any atom is -0.455 e. The van der Waals surface area contributed by atoms with Gasteiger partial charge >= 0.3 is 0 Å². The lowest BCUT2D eigenvalue weighted by Crippen LogP contribution is -2.40. The minimum absolute atomic E-state index is 0.138. The molecule has 2 heteroatoms. The SMILES string of the molecule is CC1(C)c2ccccc2C2(c3ccccc3-c3cc(N(c4ccc(-c5ccccc5)cc4)c4ccc(-c5cccc6c5oc5ccccc56)cc4)ccc32)c2ccccc21. The van der Waals surface area contributed by atoms with E-state index in [9.17, 15) is 0 Å². The van der Waals surface area contributed by atoms with Crippen molar-refractivity contribution in [1.29, 1.82) is 0 Å². The van der Waals surface area contributed by atoms with Crippen LogP contribution in [0.1, 0.15) is 47.2 Å². The second-order valence-electron chi connectivity index (χ2n) is 16.8. The Morgan fingerprint density at radius 2 is 0.850 bits per heavy atom. The third kappa shape index (κ3) is 4.88.